The Balaban J connectivity index is -0.000000172. The van der Waals surface area contributed by atoms with Crippen molar-refractivity contribution in [3.05, 3.63) is 78.6 Å². The first-order valence-corrected chi connectivity index (χ1v) is 9.12. The monoisotopic (exact) mass is 582 g/mol. The minimum Gasteiger partial charge on any atom is -0.759 e. The van der Waals surface area contributed by atoms with E-state index >= 15 is 0 Å². The standard InChI is InChI=1S/C17H13N5O2.Mn.H2O4S.6H2O/c23-16(20-12-4-8-18-9-5-12)14-2-1-3-15(22-14)17(24)21-13-6-10-19-11-7-13;;1-5(2,3)4;;;;;;/h1-11H,(H,18,20,23)(H,19,21,24);;(H2,1,2,3,4);6*1H2/q;+2;;;;;;;/p+2. The zero-order valence-electron chi connectivity index (χ0n) is 18.2. The van der Waals surface area contributed by atoms with Gasteiger partial charge in [-0.05, 0) is 36.4 Å². The zero-order chi connectivity index (χ0) is 21.3. The second-order valence-corrected chi connectivity index (χ2v) is 6.01. The van der Waals surface area contributed by atoms with Gasteiger partial charge in [0.1, 0.15) is 11.4 Å². The molecule has 3 aromatic rings. The van der Waals surface area contributed by atoms with Gasteiger partial charge in [-0.25, -0.2) is 4.98 Å². The summed E-state index contributed by atoms with van der Waals surface area (Å²) in [5.41, 5.74) is 1.50. The van der Waals surface area contributed by atoms with Crippen molar-refractivity contribution in [2.45, 2.75) is 0 Å². The molecule has 0 saturated carbocycles. The number of nitrogens with one attached hydrogen (secondary N) is 2. The number of amides is 2. The normalized spacial score (nSPS) is 8.28. The van der Waals surface area contributed by atoms with Gasteiger partial charge < -0.3 is 52.6 Å². The van der Waals surface area contributed by atoms with Crippen LogP contribution in [0.2, 0.25) is 0 Å². The predicted molar refractivity (Wildman–Crippen MR) is 126 cm³/mol. The molecule has 3 aromatic heterocycles. The van der Waals surface area contributed by atoms with E-state index in [2.05, 4.69) is 25.6 Å². The van der Waals surface area contributed by atoms with Crippen LogP contribution in [0.5, 0.6) is 0 Å². The maximum absolute atomic E-state index is 12.2. The molecule has 0 saturated heterocycles. The number of nitrogens with zero attached hydrogens (tertiary/aromatic N) is 3. The minimum atomic E-state index is -5.17. The van der Waals surface area contributed by atoms with Crippen molar-refractivity contribution in [3.63, 3.8) is 0 Å². The second kappa shape index (κ2) is 22.0. The van der Waals surface area contributed by atoms with E-state index in [-0.39, 0.29) is 61.3 Å². The van der Waals surface area contributed by atoms with Crippen LogP contribution in [-0.4, -0.2) is 55.2 Å². The average Bonchev–Trinajstić information content (AvgIpc) is 2.68. The number of hydrogen-bond acceptors (Lipinski definition) is 9. The number of hydrogen-bond donors (Lipinski definition) is 2. The summed E-state index contributed by atoms with van der Waals surface area (Å²) in [6.07, 6.45) is 6.28. The molecule has 0 spiro atoms. The number of carbonyl (C=O) groups excluding carboxylic acids is 2. The van der Waals surface area contributed by atoms with Crippen LogP contribution in [0.1, 0.15) is 21.0 Å². The third-order valence-electron chi connectivity index (χ3n) is 3.09. The van der Waals surface area contributed by atoms with Crippen LogP contribution in [-0.2, 0) is 49.4 Å². The van der Waals surface area contributed by atoms with Gasteiger partial charge in [-0.2, -0.15) is 0 Å². The van der Waals surface area contributed by atoms with Crippen LogP contribution in [0.4, 0.5) is 11.4 Å². The number of carbonyl (C=O) groups is 2. The van der Waals surface area contributed by atoms with Crippen LogP contribution in [0, 0.1) is 0 Å². The molecule has 0 aliphatic carbocycles. The van der Waals surface area contributed by atoms with Gasteiger partial charge in [-0.15, -0.1) is 0 Å². The Kier molecular flexibility index (Phi) is 28.1. The molecular formula is C17H29MnN5O12S+4. The van der Waals surface area contributed by atoms with E-state index in [1.807, 2.05) is 0 Å². The summed E-state index contributed by atoms with van der Waals surface area (Å²) in [7, 11) is -5.17. The Morgan fingerprint density at radius 1 is 0.667 bits per heavy atom. The molecule has 203 valence electrons. The van der Waals surface area contributed by atoms with Gasteiger partial charge in [0.2, 0.25) is 0 Å². The van der Waals surface area contributed by atoms with Crippen molar-refractivity contribution in [3.8, 4) is 0 Å². The molecule has 0 aliphatic rings. The Bertz CT molecular complexity index is 1020. The van der Waals surface area contributed by atoms with Gasteiger partial charge in [0.05, 0.1) is 0 Å². The molecule has 3 rings (SSSR count). The van der Waals surface area contributed by atoms with Gasteiger partial charge in [0.25, 0.3) is 11.8 Å². The fraction of sp³-hybridized carbons (Fsp3) is 0. The molecule has 17 nitrogen and oxygen atoms in total. The van der Waals surface area contributed by atoms with Crippen LogP contribution in [0.3, 0.4) is 0 Å². The first-order chi connectivity index (χ1) is 13.7. The van der Waals surface area contributed by atoms with Crippen LogP contribution >= 0.6 is 0 Å². The summed E-state index contributed by atoms with van der Waals surface area (Å²) < 4.78 is 34.1. The summed E-state index contributed by atoms with van der Waals surface area (Å²) >= 11 is 0. The number of anilines is 2. The van der Waals surface area contributed by atoms with Gasteiger partial charge in [0, 0.05) is 46.6 Å². The van der Waals surface area contributed by atoms with Gasteiger partial charge in [-0.1, -0.05) is 6.07 Å². The van der Waals surface area contributed by atoms with E-state index in [1.165, 1.54) is 0 Å². The first kappa shape index (κ1) is 46.0. The first-order valence-electron chi connectivity index (χ1n) is 7.79. The van der Waals surface area contributed by atoms with Crippen LogP contribution in [0.25, 0.3) is 0 Å². The Hall–Kier alpha value is -3.46. The molecule has 0 bridgehead atoms. The molecule has 0 unspecified atom stereocenters. The van der Waals surface area contributed by atoms with E-state index in [4.69, 9.17) is 17.5 Å². The predicted octanol–water partition coefficient (Wildman–Crippen LogP) is -4.30. The van der Waals surface area contributed by atoms with E-state index in [1.54, 1.807) is 67.3 Å². The Morgan fingerprint density at radius 3 is 1.22 bits per heavy atom. The fourth-order valence-electron chi connectivity index (χ4n) is 1.95. The Morgan fingerprint density at radius 2 is 0.944 bits per heavy atom. The fourth-order valence-corrected chi connectivity index (χ4v) is 1.95. The molecule has 19 heteroatoms. The summed E-state index contributed by atoms with van der Waals surface area (Å²) in [6.45, 7) is 0. The second-order valence-electron chi connectivity index (χ2n) is 5.20. The van der Waals surface area contributed by atoms with Gasteiger partial charge in [-0.3, -0.25) is 28.0 Å². The molecular weight excluding hydrogens is 553 g/mol. The largest absolute Gasteiger partial charge is 2.00 e. The number of pyridine rings is 3. The molecule has 18 N–H and O–H groups in total. The maximum atomic E-state index is 12.2. The zero-order valence-corrected chi connectivity index (χ0v) is 20.2. The maximum Gasteiger partial charge on any atom is 2.00 e. The van der Waals surface area contributed by atoms with E-state index in [0.29, 0.717) is 11.4 Å². The topological polar surface area (TPSA) is 372 Å². The van der Waals surface area contributed by atoms with Crippen molar-refractivity contribution in [2.24, 2.45) is 0 Å². The minimum absolute atomic E-state index is 0. The molecule has 0 aromatic carbocycles. The van der Waals surface area contributed by atoms with Crippen molar-refractivity contribution in [1.29, 1.82) is 0 Å². The molecule has 0 atom stereocenters. The molecule has 3 heterocycles. The summed E-state index contributed by atoms with van der Waals surface area (Å²) in [5, 5.41) is 5.39. The van der Waals surface area contributed by atoms with Gasteiger partial charge in [0.15, 0.2) is 0 Å². The molecule has 36 heavy (non-hydrogen) atoms. The molecule has 0 fully saturated rings. The van der Waals surface area contributed by atoms with Gasteiger partial charge >= 0.3 is 17.1 Å². The number of aromatic nitrogens is 3. The number of rotatable bonds is 4. The van der Waals surface area contributed by atoms with Crippen molar-refractivity contribution in [2.75, 3.05) is 10.6 Å². The SMILES string of the molecule is O.O.O=C(Nc1ccncc1)c1cccc(C(=O)Nc2ccncc2)n1.O=S(=O)([O-])[O-].[Mn+2].[OH3+].[OH3+].[OH3+].[OH3+]. The van der Waals surface area contributed by atoms with Crippen LogP contribution in [0.15, 0.2) is 67.3 Å². The summed E-state index contributed by atoms with van der Waals surface area (Å²) in [4.78, 5) is 36.3. The molecule has 1 radical (unpaired) electrons. The van der Waals surface area contributed by atoms with Crippen molar-refractivity contribution in [1.82, 2.24) is 15.0 Å². The Labute approximate surface area is 214 Å². The van der Waals surface area contributed by atoms with Crippen molar-refractivity contribution >= 4 is 33.6 Å². The summed E-state index contributed by atoms with van der Waals surface area (Å²) in [5.74, 6) is -0.806. The smallest absolute Gasteiger partial charge is 0.759 e. The van der Waals surface area contributed by atoms with E-state index < -0.39 is 22.2 Å². The third kappa shape index (κ3) is 17.9. The molecule has 0 aliphatic heterocycles. The third-order valence-corrected chi connectivity index (χ3v) is 3.09. The van der Waals surface area contributed by atoms with Crippen molar-refractivity contribution < 1.29 is 77.0 Å². The van der Waals surface area contributed by atoms with E-state index in [0.717, 1.165) is 0 Å². The summed E-state index contributed by atoms with van der Waals surface area (Å²) in [6, 6.07) is 11.3. The van der Waals surface area contributed by atoms with E-state index in [9.17, 15) is 9.59 Å². The average molecular weight is 582 g/mol. The van der Waals surface area contributed by atoms with Crippen LogP contribution < -0.4 is 10.6 Å². The quantitative estimate of drug-likeness (QED) is 0.130. The molecule has 2 amide bonds.